The van der Waals surface area contributed by atoms with Gasteiger partial charge >= 0.3 is 0 Å². The molecule has 0 aliphatic heterocycles. The van der Waals surface area contributed by atoms with Crippen LogP contribution in [0, 0.1) is 23.7 Å². The standard InChI is InChI=1S/C30H37N3O7.CH3F/c1-32(2)24-19-10-17-9-18-16(13-33(11-14-3-4-14)12-15-5-6-15)7-8-20(34)22(18)25(35)21(17)27(37)30(19,40)28(38)23(26(24)36)29(31)39;1-2/h7-8,14-15,17,19,24,34-35,38,40H,3-6,9-13H2,1-2H3,(H2,31,39);1H3/t17-,19-,24-,30-;/m0./s1. The van der Waals surface area contributed by atoms with Crippen LogP contribution in [0.3, 0.4) is 0 Å². The molecule has 0 spiro atoms. The quantitative estimate of drug-likeness (QED) is 0.288. The number of aromatic hydroxyl groups is 1. The number of fused-ring (bicyclic) bond motifs is 3. The Labute approximate surface area is 244 Å². The Morgan fingerprint density at radius 3 is 2.17 bits per heavy atom. The number of phenols is 1. The largest absolute Gasteiger partial charge is 0.508 e. The number of aliphatic hydroxyl groups is 3. The molecule has 1 aromatic rings. The summed E-state index contributed by atoms with van der Waals surface area (Å²) in [5, 5.41) is 45.0. The number of Topliss-reactive ketones (excluding diaryl/α,β-unsaturated/α-hetero) is 2. The van der Waals surface area contributed by atoms with Crippen LogP contribution >= 0.6 is 0 Å². The Kier molecular flexibility index (Phi) is 7.97. The van der Waals surface area contributed by atoms with Crippen molar-refractivity contribution in [1.29, 1.82) is 0 Å². The molecule has 0 unspecified atom stereocenters. The van der Waals surface area contributed by atoms with Crippen LogP contribution in [-0.4, -0.2) is 93.7 Å². The number of aliphatic hydroxyl groups excluding tert-OH is 2. The third-order valence-corrected chi connectivity index (χ3v) is 9.52. The van der Waals surface area contributed by atoms with Gasteiger partial charge in [0, 0.05) is 31.1 Å². The normalized spacial score (nSPS) is 28.8. The molecule has 5 aliphatic carbocycles. The van der Waals surface area contributed by atoms with Crippen molar-refractivity contribution in [1.82, 2.24) is 9.80 Å². The van der Waals surface area contributed by atoms with Crippen molar-refractivity contribution in [3.05, 3.63) is 45.7 Å². The molecular weight excluding hydrogens is 545 g/mol. The fraction of sp³-hybridized carbons (Fsp3) is 0.581. The molecule has 0 heterocycles. The predicted octanol–water partition coefficient (Wildman–Crippen LogP) is 2.17. The lowest BCUT2D eigenvalue weighted by atomic mass is 9.57. The van der Waals surface area contributed by atoms with Crippen LogP contribution < -0.4 is 5.73 Å². The number of benzene rings is 1. The lowest BCUT2D eigenvalue weighted by molar-refractivity contribution is -0.153. The molecule has 228 valence electrons. The fourth-order valence-corrected chi connectivity index (χ4v) is 7.23. The number of primary amides is 1. The van der Waals surface area contributed by atoms with Crippen molar-refractivity contribution < 1.29 is 39.2 Å². The predicted molar refractivity (Wildman–Crippen MR) is 152 cm³/mol. The van der Waals surface area contributed by atoms with E-state index in [4.69, 9.17) is 5.73 Å². The summed E-state index contributed by atoms with van der Waals surface area (Å²) in [6.45, 7) is 2.68. The summed E-state index contributed by atoms with van der Waals surface area (Å²) in [6.07, 6.45) is 5.36. The summed E-state index contributed by atoms with van der Waals surface area (Å²) in [5.74, 6) is -4.89. The molecule has 42 heavy (non-hydrogen) atoms. The van der Waals surface area contributed by atoms with E-state index < -0.39 is 58.0 Å². The molecule has 6 N–H and O–H groups in total. The number of carbonyl (C=O) groups is 3. The van der Waals surface area contributed by atoms with Crippen LogP contribution in [0.1, 0.15) is 48.8 Å². The number of ketones is 2. The van der Waals surface area contributed by atoms with E-state index in [0.29, 0.717) is 32.0 Å². The maximum absolute atomic E-state index is 14.0. The highest BCUT2D eigenvalue weighted by Gasteiger charge is 2.64. The minimum atomic E-state index is -2.62. The van der Waals surface area contributed by atoms with E-state index in [1.54, 1.807) is 14.1 Å². The van der Waals surface area contributed by atoms with Gasteiger partial charge in [0.1, 0.15) is 22.8 Å². The zero-order chi connectivity index (χ0) is 30.7. The molecule has 10 nitrogen and oxygen atoms in total. The Bertz CT molecular complexity index is 1370. The first-order valence-electron chi connectivity index (χ1n) is 14.5. The van der Waals surface area contributed by atoms with Crippen molar-refractivity contribution in [3.63, 3.8) is 0 Å². The van der Waals surface area contributed by atoms with E-state index in [2.05, 4.69) is 4.90 Å². The van der Waals surface area contributed by atoms with Gasteiger partial charge in [-0.2, -0.15) is 0 Å². The number of halogens is 1. The average Bonchev–Trinajstić information content (AvgIpc) is 3.86. The van der Waals surface area contributed by atoms with E-state index >= 15 is 0 Å². The Hall–Kier alpha value is -3.28. The van der Waals surface area contributed by atoms with Gasteiger partial charge in [0.05, 0.1) is 18.8 Å². The Morgan fingerprint density at radius 2 is 1.64 bits per heavy atom. The SMILES string of the molecule is CF.CN(C)[C@@H]1C(=O)C(C(N)=O)=C(O)[C@@]2(O)C(=O)C3=C(O)c4c(O)ccc(CN(CC5CC5)CC5CC5)c4C[C@H]3C[C@@H]12. The minimum Gasteiger partial charge on any atom is -0.508 e. The van der Waals surface area contributed by atoms with Gasteiger partial charge in [-0.05, 0) is 87.6 Å². The number of hydrogen-bond acceptors (Lipinski definition) is 9. The second kappa shape index (κ2) is 11.1. The number of nitrogens with two attached hydrogens (primary N) is 1. The molecule has 5 aliphatic rings. The van der Waals surface area contributed by atoms with Crippen molar-refractivity contribution in [2.75, 3.05) is 34.4 Å². The second-order valence-electron chi connectivity index (χ2n) is 12.6. The van der Waals surface area contributed by atoms with Gasteiger partial charge in [0.2, 0.25) is 5.78 Å². The molecule has 6 rings (SSSR count). The lowest BCUT2D eigenvalue weighted by Gasteiger charge is -2.50. The van der Waals surface area contributed by atoms with E-state index in [0.717, 1.165) is 24.2 Å². The zero-order valence-corrected chi connectivity index (χ0v) is 24.3. The summed E-state index contributed by atoms with van der Waals surface area (Å²) in [4.78, 5) is 43.4. The van der Waals surface area contributed by atoms with Gasteiger partial charge < -0.3 is 26.2 Å². The zero-order valence-electron chi connectivity index (χ0n) is 24.3. The third kappa shape index (κ3) is 4.91. The molecule has 0 saturated heterocycles. The maximum Gasteiger partial charge on any atom is 0.255 e. The van der Waals surface area contributed by atoms with Crippen LogP contribution in [0.4, 0.5) is 4.39 Å². The van der Waals surface area contributed by atoms with Crippen molar-refractivity contribution in [2.24, 2.45) is 29.4 Å². The van der Waals surface area contributed by atoms with Crippen LogP contribution in [-0.2, 0) is 27.3 Å². The minimum absolute atomic E-state index is 0.0920. The molecule has 0 aromatic heterocycles. The molecule has 0 radical (unpaired) electrons. The van der Waals surface area contributed by atoms with E-state index in [1.165, 1.54) is 36.6 Å². The van der Waals surface area contributed by atoms with Gasteiger partial charge in [-0.15, -0.1) is 0 Å². The molecular formula is C31H40FN3O7. The summed E-state index contributed by atoms with van der Waals surface area (Å²) in [7, 11) is 3.69. The number of nitrogens with zero attached hydrogens (tertiary/aromatic N) is 2. The highest BCUT2D eigenvalue weighted by atomic mass is 19.1. The van der Waals surface area contributed by atoms with Crippen LogP contribution in [0.2, 0.25) is 0 Å². The summed E-state index contributed by atoms with van der Waals surface area (Å²) < 4.78 is 9.50. The fourth-order valence-electron chi connectivity index (χ4n) is 7.23. The van der Waals surface area contributed by atoms with E-state index in [1.807, 2.05) is 6.07 Å². The smallest absolute Gasteiger partial charge is 0.255 e. The number of amides is 1. The number of carbonyl (C=O) groups excluding carboxylic acids is 3. The molecule has 1 amide bonds. The number of phenolic OH excluding ortho intramolecular Hbond substituents is 1. The number of alkyl halides is 1. The number of rotatable bonds is 8. The topological polar surface area (TPSA) is 165 Å². The van der Waals surface area contributed by atoms with Crippen LogP contribution in [0.25, 0.3) is 5.76 Å². The first kappa shape index (κ1) is 30.2. The van der Waals surface area contributed by atoms with Crippen molar-refractivity contribution in [2.45, 2.75) is 56.7 Å². The van der Waals surface area contributed by atoms with Crippen molar-refractivity contribution >= 4 is 23.2 Å². The highest BCUT2D eigenvalue weighted by Crippen LogP contribution is 2.53. The average molecular weight is 586 g/mol. The summed E-state index contributed by atoms with van der Waals surface area (Å²) in [6, 6.07) is 2.31. The molecule has 11 heteroatoms. The van der Waals surface area contributed by atoms with Crippen molar-refractivity contribution in [3.8, 4) is 5.75 Å². The van der Waals surface area contributed by atoms with E-state index in [9.17, 15) is 39.2 Å². The van der Waals surface area contributed by atoms with Gasteiger partial charge in [-0.25, -0.2) is 0 Å². The first-order chi connectivity index (χ1) is 19.9. The first-order valence-corrected chi connectivity index (χ1v) is 14.5. The van der Waals surface area contributed by atoms with E-state index in [-0.39, 0.29) is 23.3 Å². The monoisotopic (exact) mass is 585 g/mol. The maximum atomic E-state index is 14.0. The lowest BCUT2D eigenvalue weighted by Crippen LogP contribution is -2.65. The highest BCUT2D eigenvalue weighted by molar-refractivity contribution is 6.24. The molecule has 0 bridgehead atoms. The Morgan fingerprint density at radius 1 is 1.05 bits per heavy atom. The van der Waals surface area contributed by atoms with Gasteiger partial charge in [-0.3, -0.25) is 28.6 Å². The van der Waals surface area contributed by atoms with Gasteiger partial charge in [-0.1, -0.05) is 6.07 Å². The van der Waals surface area contributed by atoms with Gasteiger partial charge in [0.15, 0.2) is 11.4 Å². The van der Waals surface area contributed by atoms with Gasteiger partial charge in [0.25, 0.3) is 5.91 Å². The third-order valence-electron chi connectivity index (χ3n) is 9.52. The molecule has 3 saturated carbocycles. The molecule has 4 atom stereocenters. The number of likely N-dealkylation sites (N-methyl/N-ethyl adjacent to an activating group) is 1. The second-order valence-corrected chi connectivity index (χ2v) is 12.6. The molecule has 1 aromatic carbocycles. The molecule has 3 fully saturated rings. The summed E-state index contributed by atoms with van der Waals surface area (Å²) >= 11 is 0. The Balaban J connectivity index is 0.00000173. The summed E-state index contributed by atoms with van der Waals surface area (Å²) in [5.41, 5.74) is 3.72. The van der Waals surface area contributed by atoms with Crippen LogP contribution in [0.5, 0.6) is 5.75 Å². The van der Waals surface area contributed by atoms with Crippen LogP contribution in [0.15, 0.2) is 29.0 Å². The number of hydrogen-bond donors (Lipinski definition) is 5.